The predicted octanol–water partition coefficient (Wildman–Crippen LogP) is 1.04. The molecule has 1 unspecified atom stereocenters. The maximum absolute atomic E-state index is 12.5. The van der Waals surface area contributed by atoms with Crippen LogP contribution in [0.25, 0.3) is 0 Å². The second-order valence-corrected chi connectivity index (χ2v) is 7.31. The summed E-state index contributed by atoms with van der Waals surface area (Å²) in [6.07, 6.45) is 5.46. The first-order valence-electron chi connectivity index (χ1n) is 8.16. The second kappa shape index (κ2) is 4.57. The number of fused-ring (bicyclic) bond motifs is 2. The molecule has 0 radical (unpaired) electrons. The van der Waals surface area contributed by atoms with E-state index < -0.39 is 0 Å². The lowest BCUT2D eigenvalue weighted by Gasteiger charge is -2.28. The number of hydrogen-bond acceptors (Lipinski definition) is 3. The van der Waals surface area contributed by atoms with Gasteiger partial charge in [-0.2, -0.15) is 5.10 Å². The number of amides is 1. The lowest BCUT2D eigenvalue weighted by molar-refractivity contribution is -0.124. The largest absolute Gasteiger partial charge is 0.347 e. The van der Waals surface area contributed by atoms with Crippen molar-refractivity contribution >= 4 is 5.91 Å². The summed E-state index contributed by atoms with van der Waals surface area (Å²) < 4.78 is 2.11. The van der Waals surface area contributed by atoms with Gasteiger partial charge in [0.25, 0.3) is 0 Å². The van der Waals surface area contributed by atoms with Gasteiger partial charge in [-0.1, -0.05) is 0 Å². The molecule has 2 N–H and O–H groups in total. The summed E-state index contributed by atoms with van der Waals surface area (Å²) in [5, 5.41) is 11.1. The normalized spacial score (nSPS) is 30.7. The average Bonchev–Trinajstić information content (AvgIpc) is 2.82. The second-order valence-electron chi connectivity index (χ2n) is 7.31. The van der Waals surface area contributed by atoms with Crippen LogP contribution in [0.15, 0.2) is 6.20 Å². The number of carbonyl (C=O) groups excluding carboxylic acids is 1. The van der Waals surface area contributed by atoms with E-state index in [1.807, 2.05) is 6.20 Å². The lowest BCUT2D eigenvalue weighted by Crippen LogP contribution is -2.43. The summed E-state index contributed by atoms with van der Waals surface area (Å²) in [7, 11) is 0. The zero-order chi connectivity index (χ0) is 14.6. The average molecular weight is 288 g/mol. The van der Waals surface area contributed by atoms with Crippen LogP contribution in [-0.4, -0.2) is 28.8 Å². The summed E-state index contributed by atoms with van der Waals surface area (Å²) in [6, 6.07) is 0. The number of piperidine rings is 1. The molecule has 1 aromatic rings. The molecule has 5 heteroatoms. The molecule has 3 atom stereocenters. The van der Waals surface area contributed by atoms with Crippen molar-refractivity contribution in [2.45, 2.75) is 45.2 Å². The summed E-state index contributed by atoms with van der Waals surface area (Å²) in [5.74, 6) is 1.60. The highest BCUT2D eigenvalue weighted by Gasteiger charge is 2.57. The minimum atomic E-state index is -0.327. The van der Waals surface area contributed by atoms with Crippen LogP contribution in [0.2, 0.25) is 0 Å². The molecule has 0 spiro atoms. The van der Waals surface area contributed by atoms with E-state index in [1.165, 1.54) is 24.1 Å². The number of aryl methyl sites for hydroxylation is 1. The quantitative estimate of drug-likeness (QED) is 0.873. The van der Waals surface area contributed by atoms with E-state index in [-0.39, 0.29) is 17.4 Å². The highest BCUT2D eigenvalue weighted by molar-refractivity contribution is 5.83. The number of nitrogens with one attached hydrogen (secondary N) is 2. The van der Waals surface area contributed by atoms with Crippen molar-refractivity contribution in [3.8, 4) is 0 Å². The van der Waals surface area contributed by atoms with Crippen LogP contribution >= 0.6 is 0 Å². The van der Waals surface area contributed by atoms with E-state index in [2.05, 4.69) is 34.3 Å². The van der Waals surface area contributed by atoms with Gasteiger partial charge in [0, 0.05) is 23.7 Å². The Morgan fingerprint density at radius 2 is 2.14 bits per heavy atom. The molecule has 1 amide bonds. The van der Waals surface area contributed by atoms with Gasteiger partial charge < -0.3 is 10.6 Å². The van der Waals surface area contributed by atoms with Crippen LogP contribution in [0.4, 0.5) is 0 Å². The first kappa shape index (κ1) is 13.3. The van der Waals surface area contributed by atoms with Crippen molar-refractivity contribution in [1.29, 1.82) is 0 Å². The first-order chi connectivity index (χ1) is 10.1. The maximum atomic E-state index is 12.5. The number of rotatable bonds is 3. The SMILES string of the molecule is CC(C)(NC(=O)C1[C@H]2CNC[C@@H]12)c1cnn2c1CCCC2. The third-order valence-electron chi connectivity index (χ3n) is 5.49. The Kier molecular flexibility index (Phi) is 2.89. The standard InChI is InChI=1S/C16H24N4O/c1-16(2,12-9-18-20-6-4-3-5-13(12)20)19-15(21)14-10-7-17-8-11(10)14/h9-11,14,17H,3-8H2,1-2H3,(H,19,21)/t10-,11+,14?. The fraction of sp³-hybridized carbons (Fsp3) is 0.750. The van der Waals surface area contributed by atoms with Crippen LogP contribution in [0.1, 0.15) is 37.9 Å². The van der Waals surface area contributed by atoms with Crippen LogP contribution < -0.4 is 10.6 Å². The van der Waals surface area contributed by atoms with Crippen LogP contribution in [-0.2, 0) is 23.3 Å². The number of carbonyl (C=O) groups is 1. The van der Waals surface area contributed by atoms with Gasteiger partial charge in [0.2, 0.25) is 5.91 Å². The topological polar surface area (TPSA) is 59.0 Å². The maximum Gasteiger partial charge on any atom is 0.224 e. The van der Waals surface area contributed by atoms with Gasteiger partial charge in [-0.25, -0.2) is 0 Å². The van der Waals surface area contributed by atoms with E-state index in [9.17, 15) is 4.79 Å². The molecule has 1 saturated carbocycles. The molecule has 0 bridgehead atoms. The smallest absolute Gasteiger partial charge is 0.224 e. The van der Waals surface area contributed by atoms with Crippen LogP contribution in [0.3, 0.4) is 0 Å². The summed E-state index contributed by atoms with van der Waals surface area (Å²) in [4.78, 5) is 12.5. The fourth-order valence-corrected chi connectivity index (χ4v) is 4.21. The van der Waals surface area contributed by atoms with Crippen molar-refractivity contribution < 1.29 is 4.79 Å². The van der Waals surface area contributed by atoms with Crippen molar-refractivity contribution in [3.63, 3.8) is 0 Å². The molecule has 4 rings (SSSR count). The Bertz CT molecular complexity index is 567. The van der Waals surface area contributed by atoms with Crippen molar-refractivity contribution in [2.75, 3.05) is 13.1 Å². The van der Waals surface area contributed by atoms with E-state index in [1.54, 1.807) is 0 Å². The van der Waals surface area contributed by atoms with Crippen molar-refractivity contribution in [3.05, 3.63) is 17.5 Å². The van der Waals surface area contributed by atoms with Gasteiger partial charge in [-0.3, -0.25) is 9.48 Å². The third-order valence-corrected chi connectivity index (χ3v) is 5.49. The summed E-state index contributed by atoms with van der Waals surface area (Å²) in [6.45, 7) is 7.23. The van der Waals surface area contributed by atoms with E-state index >= 15 is 0 Å². The molecule has 3 heterocycles. The highest BCUT2D eigenvalue weighted by Crippen LogP contribution is 2.49. The van der Waals surface area contributed by atoms with Crippen LogP contribution in [0.5, 0.6) is 0 Å². The Morgan fingerprint density at radius 1 is 1.38 bits per heavy atom. The van der Waals surface area contributed by atoms with Gasteiger partial charge in [0.1, 0.15) is 0 Å². The molecule has 3 aliphatic rings. The first-order valence-corrected chi connectivity index (χ1v) is 8.16. The molecule has 1 aliphatic carbocycles. The van der Waals surface area contributed by atoms with Crippen LogP contribution in [0, 0.1) is 17.8 Å². The summed E-state index contributed by atoms with van der Waals surface area (Å²) in [5.41, 5.74) is 2.18. The zero-order valence-corrected chi connectivity index (χ0v) is 12.9. The van der Waals surface area contributed by atoms with Gasteiger partial charge in [-0.05, 0) is 58.0 Å². The summed E-state index contributed by atoms with van der Waals surface area (Å²) >= 11 is 0. The molecule has 2 fully saturated rings. The van der Waals surface area contributed by atoms with Crippen molar-refractivity contribution in [1.82, 2.24) is 20.4 Å². The molecule has 21 heavy (non-hydrogen) atoms. The highest BCUT2D eigenvalue weighted by atomic mass is 16.2. The Balaban J connectivity index is 1.51. The molecular weight excluding hydrogens is 264 g/mol. The molecule has 1 saturated heterocycles. The van der Waals surface area contributed by atoms with Gasteiger partial charge in [0.15, 0.2) is 0 Å². The van der Waals surface area contributed by atoms with E-state index in [4.69, 9.17) is 0 Å². The molecule has 2 aliphatic heterocycles. The minimum absolute atomic E-state index is 0.229. The number of hydrogen-bond donors (Lipinski definition) is 2. The number of nitrogens with zero attached hydrogens (tertiary/aromatic N) is 2. The molecule has 114 valence electrons. The molecule has 0 aromatic carbocycles. The molecule has 1 aromatic heterocycles. The van der Waals surface area contributed by atoms with E-state index in [0.717, 1.165) is 26.1 Å². The van der Waals surface area contributed by atoms with Gasteiger partial charge in [-0.15, -0.1) is 0 Å². The van der Waals surface area contributed by atoms with Gasteiger partial charge in [0.05, 0.1) is 11.7 Å². The fourth-order valence-electron chi connectivity index (χ4n) is 4.21. The Labute approximate surface area is 125 Å². The lowest BCUT2D eigenvalue weighted by atomic mass is 9.91. The third kappa shape index (κ3) is 2.09. The Morgan fingerprint density at radius 3 is 2.90 bits per heavy atom. The zero-order valence-electron chi connectivity index (χ0n) is 12.9. The monoisotopic (exact) mass is 288 g/mol. The van der Waals surface area contributed by atoms with E-state index in [0.29, 0.717) is 11.8 Å². The van der Waals surface area contributed by atoms with Crippen molar-refractivity contribution in [2.24, 2.45) is 17.8 Å². The minimum Gasteiger partial charge on any atom is -0.347 e. The molecular formula is C16H24N4O. The predicted molar refractivity (Wildman–Crippen MR) is 79.7 cm³/mol. The molecule has 5 nitrogen and oxygen atoms in total. The van der Waals surface area contributed by atoms with Gasteiger partial charge >= 0.3 is 0 Å². The Hall–Kier alpha value is -1.36. The number of aromatic nitrogens is 2.